The molecule has 0 unspecified atom stereocenters. The molecule has 1 aliphatic heterocycles. The Morgan fingerprint density at radius 2 is 1.62 bits per heavy atom. The first-order valence-electron chi connectivity index (χ1n) is 4.28. The number of hydrogen-bond donors (Lipinski definition) is 0. The summed E-state index contributed by atoms with van der Waals surface area (Å²) in [6.45, 7) is 5.56. The minimum absolute atomic E-state index is 0.337. The fraction of sp³-hybridized carbons (Fsp3) is 0.556. The summed E-state index contributed by atoms with van der Waals surface area (Å²) in [5.41, 5.74) is 0.946. The van der Waals surface area contributed by atoms with E-state index in [0.29, 0.717) is 17.8 Å². The fourth-order valence-electron chi connectivity index (χ4n) is 1.02. The van der Waals surface area contributed by atoms with Crippen LogP contribution in [0.2, 0.25) is 0 Å². The van der Waals surface area contributed by atoms with E-state index in [0.717, 1.165) is 11.5 Å². The topological polar surface area (TPSA) is 46.6 Å². The van der Waals surface area contributed by atoms with Crippen LogP contribution >= 0.6 is 0 Å². The molecule has 0 saturated heterocycles. The second-order valence-electron chi connectivity index (χ2n) is 2.99. The molecule has 0 radical (unpaired) electrons. The largest absolute Gasteiger partial charge is 0.281 e. The van der Waals surface area contributed by atoms with Crippen LogP contribution in [0.5, 0.6) is 0 Å². The Labute approximate surface area is 77.1 Å². The average molecular weight is 183 g/mol. The summed E-state index contributed by atoms with van der Waals surface area (Å²) in [6, 6.07) is 0. The highest BCUT2D eigenvalue weighted by Gasteiger charge is 2.34. The normalized spacial score (nSPS) is 17.6. The Bertz CT molecular complexity index is 257. The van der Waals surface area contributed by atoms with Gasteiger partial charge in [-0.2, -0.15) is 0 Å². The molecule has 72 valence electrons. The number of amides is 2. The molecule has 1 heterocycles. The minimum Gasteiger partial charge on any atom is -0.267 e. The van der Waals surface area contributed by atoms with E-state index in [1.807, 2.05) is 6.92 Å². The number of hydrogen-bond acceptors (Lipinski definition) is 3. The van der Waals surface area contributed by atoms with Gasteiger partial charge in [-0.15, -0.1) is 5.06 Å². The number of rotatable bonds is 3. The maximum absolute atomic E-state index is 11.4. The van der Waals surface area contributed by atoms with Crippen LogP contribution in [0.15, 0.2) is 11.1 Å². The third kappa shape index (κ3) is 1.62. The number of nitrogens with zero attached hydrogens (tertiary/aromatic N) is 1. The lowest BCUT2D eigenvalue weighted by atomic mass is 10.2. The second kappa shape index (κ2) is 3.70. The highest BCUT2D eigenvalue weighted by atomic mass is 16.7. The summed E-state index contributed by atoms with van der Waals surface area (Å²) in [7, 11) is 0. The van der Waals surface area contributed by atoms with Gasteiger partial charge in [-0.1, -0.05) is 6.92 Å². The van der Waals surface area contributed by atoms with Gasteiger partial charge in [0.05, 0.1) is 6.61 Å². The van der Waals surface area contributed by atoms with Gasteiger partial charge in [0, 0.05) is 11.1 Å². The highest BCUT2D eigenvalue weighted by Crippen LogP contribution is 2.19. The van der Waals surface area contributed by atoms with Gasteiger partial charge in [0.2, 0.25) is 0 Å². The van der Waals surface area contributed by atoms with Gasteiger partial charge in [0.1, 0.15) is 0 Å². The summed E-state index contributed by atoms with van der Waals surface area (Å²) < 4.78 is 0. The van der Waals surface area contributed by atoms with Crippen molar-refractivity contribution in [3.8, 4) is 0 Å². The zero-order valence-corrected chi connectivity index (χ0v) is 8.09. The Morgan fingerprint density at radius 3 is 2.00 bits per heavy atom. The SMILES string of the molecule is CCCON1C(=O)C(C)=C(C)C1=O. The Morgan fingerprint density at radius 1 is 1.15 bits per heavy atom. The van der Waals surface area contributed by atoms with Gasteiger partial charge in [-0.3, -0.25) is 14.4 Å². The lowest BCUT2D eigenvalue weighted by molar-refractivity contribution is -0.186. The third-order valence-corrected chi connectivity index (χ3v) is 2.00. The summed E-state index contributed by atoms with van der Waals surface area (Å²) in [5.74, 6) is -0.674. The van der Waals surface area contributed by atoms with Crippen LogP contribution in [-0.4, -0.2) is 23.5 Å². The van der Waals surface area contributed by atoms with Crippen LogP contribution in [-0.2, 0) is 14.4 Å². The molecule has 4 heteroatoms. The molecular weight excluding hydrogens is 170 g/mol. The molecule has 2 amide bonds. The second-order valence-corrected chi connectivity index (χ2v) is 2.99. The van der Waals surface area contributed by atoms with E-state index >= 15 is 0 Å². The van der Waals surface area contributed by atoms with Crippen molar-refractivity contribution >= 4 is 11.8 Å². The minimum atomic E-state index is -0.337. The van der Waals surface area contributed by atoms with Gasteiger partial charge < -0.3 is 0 Å². The average Bonchev–Trinajstić information content (AvgIpc) is 2.30. The molecule has 1 aliphatic rings. The summed E-state index contributed by atoms with van der Waals surface area (Å²) in [4.78, 5) is 27.7. The molecular formula is C9H13NO3. The Hall–Kier alpha value is -1.16. The first-order valence-corrected chi connectivity index (χ1v) is 4.28. The van der Waals surface area contributed by atoms with Crippen LogP contribution < -0.4 is 0 Å². The zero-order chi connectivity index (χ0) is 10.0. The van der Waals surface area contributed by atoms with Crippen molar-refractivity contribution in [2.75, 3.05) is 6.61 Å². The van der Waals surface area contributed by atoms with Gasteiger partial charge in [-0.25, -0.2) is 0 Å². The summed E-state index contributed by atoms with van der Waals surface area (Å²) in [6.07, 6.45) is 0.773. The lowest BCUT2D eigenvalue weighted by Crippen LogP contribution is -2.31. The van der Waals surface area contributed by atoms with Crippen molar-refractivity contribution in [2.24, 2.45) is 0 Å². The van der Waals surface area contributed by atoms with Crippen LogP contribution in [0.3, 0.4) is 0 Å². The van der Waals surface area contributed by atoms with E-state index in [1.54, 1.807) is 13.8 Å². The maximum atomic E-state index is 11.4. The fourth-order valence-corrected chi connectivity index (χ4v) is 1.02. The van der Waals surface area contributed by atoms with E-state index < -0.39 is 0 Å². The molecule has 0 aromatic rings. The standard InChI is InChI=1S/C9H13NO3/c1-4-5-13-10-8(11)6(2)7(3)9(10)12/h4-5H2,1-3H3. The number of carbonyl (C=O) groups excluding carboxylic acids is 2. The van der Waals surface area contributed by atoms with Gasteiger partial charge in [-0.05, 0) is 20.3 Å². The third-order valence-electron chi connectivity index (χ3n) is 2.00. The molecule has 0 fully saturated rings. The van der Waals surface area contributed by atoms with Crippen LogP contribution in [0, 0.1) is 0 Å². The van der Waals surface area contributed by atoms with Gasteiger partial charge in [0.15, 0.2) is 0 Å². The summed E-state index contributed by atoms with van der Waals surface area (Å²) in [5, 5.41) is 0.841. The molecule has 0 aromatic carbocycles. The first kappa shape index (κ1) is 9.92. The van der Waals surface area contributed by atoms with Crippen molar-refractivity contribution in [3.63, 3.8) is 0 Å². The lowest BCUT2D eigenvalue weighted by Gasteiger charge is -2.12. The van der Waals surface area contributed by atoms with E-state index in [2.05, 4.69) is 0 Å². The van der Waals surface area contributed by atoms with Crippen molar-refractivity contribution in [3.05, 3.63) is 11.1 Å². The monoisotopic (exact) mass is 183 g/mol. The number of carbonyl (C=O) groups is 2. The molecule has 13 heavy (non-hydrogen) atoms. The Balaban J connectivity index is 2.73. The molecule has 0 saturated carbocycles. The van der Waals surface area contributed by atoms with E-state index in [1.165, 1.54) is 0 Å². The molecule has 0 bridgehead atoms. The first-order chi connectivity index (χ1) is 6.09. The molecule has 1 rings (SSSR count). The number of hydroxylamine groups is 2. The molecule has 4 nitrogen and oxygen atoms in total. The molecule has 0 N–H and O–H groups in total. The number of imide groups is 1. The summed E-state index contributed by atoms with van der Waals surface area (Å²) >= 11 is 0. The van der Waals surface area contributed by atoms with Crippen LogP contribution in [0.4, 0.5) is 0 Å². The van der Waals surface area contributed by atoms with Crippen molar-refractivity contribution in [1.29, 1.82) is 0 Å². The van der Waals surface area contributed by atoms with Gasteiger partial charge >= 0.3 is 0 Å². The Kier molecular flexibility index (Phi) is 2.83. The van der Waals surface area contributed by atoms with Gasteiger partial charge in [0.25, 0.3) is 11.8 Å². The molecule has 0 spiro atoms. The predicted molar refractivity (Wildman–Crippen MR) is 46.5 cm³/mol. The van der Waals surface area contributed by atoms with Crippen molar-refractivity contribution in [2.45, 2.75) is 27.2 Å². The van der Waals surface area contributed by atoms with Crippen LogP contribution in [0.25, 0.3) is 0 Å². The zero-order valence-electron chi connectivity index (χ0n) is 8.09. The van der Waals surface area contributed by atoms with E-state index in [4.69, 9.17) is 4.84 Å². The predicted octanol–water partition coefficient (Wildman–Crippen LogP) is 1.03. The van der Waals surface area contributed by atoms with Crippen molar-refractivity contribution in [1.82, 2.24) is 5.06 Å². The van der Waals surface area contributed by atoms with Crippen molar-refractivity contribution < 1.29 is 14.4 Å². The quantitative estimate of drug-likeness (QED) is 0.614. The smallest absolute Gasteiger partial charge is 0.267 e. The van der Waals surface area contributed by atoms with Crippen LogP contribution in [0.1, 0.15) is 27.2 Å². The molecule has 0 aliphatic carbocycles. The molecule has 0 aromatic heterocycles. The highest BCUT2D eigenvalue weighted by molar-refractivity contribution is 6.17. The van der Waals surface area contributed by atoms with E-state index in [-0.39, 0.29) is 11.8 Å². The molecule has 0 atom stereocenters. The maximum Gasteiger partial charge on any atom is 0.281 e. The van der Waals surface area contributed by atoms with E-state index in [9.17, 15) is 9.59 Å².